The molecule has 5 heterocycles. The van der Waals surface area contributed by atoms with Gasteiger partial charge in [0.1, 0.15) is 46.3 Å². The lowest BCUT2D eigenvalue weighted by molar-refractivity contribution is -0.0556. The smallest absolute Gasteiger partial charge is 0.319 e. The predicted molar refractivity (Wildman–Crippen MR) is 182 cm³/mol. The second-order valence-electron chi connectivity index (χ2n) is 12.2. The predicted octanol–water partition coefficient (Wildman–Crippen LogP) is 6.10. The summed E-state index contributed by atoms with van der Waals surface area (Å²) in [6.07, 6.45) is 5.07. The summed E-state index contributed by atoms with van der Waals surface area (Å²) in [5.41, 5.74) is 12.9. The zero-order valence-corrected chi connectivity index (χ0v) is 27.9. The van der Waals surface area contributed by atoms with Crippen molar-refractivity contribution in [3.63, 3.8) is 0 Å². The van der Waals surface area contributed by atoms with Crippen molar-refractivity contribution in [2.75, 3.05) is 43.2 Å². The molecule has 2 aliphatic heterocycles. The molecule has 2 aromatic carbocycles. The lowest BCUT2D eigenvalue weighted by Crippen LogP contribution is -2.49. The summed E-state index contributed by atoms with van der Waals surface area (Å²) in [5.74, 6) is -0.786. The van der Waals surface area contributed by atoms with E-state index in [1.165, 1.54) is 18.3 Å². The Labute approximate surface area is 284 Å². The third-order valence-electron chi connectivity index (χ3n) is 9.33. The topological polar surface area (TPSA) is 152 Å². The normalized spacial score (nSPS) is 20.1. The van der Waals surface area contributed by atoms with Crippen LogP contribution in [0.1, 0.15) is 44.0 Å². The number of benzene rings is 2. The van der Waals surface area contributed by atoms with Gasteiger partial charge in [-0.05, 0) is 44.4 Å². The molecular weight excluding hydrogens is 660 g/mol. The first kappa shape index (κ1) is 32.1. The van der Waals surface area contributed by atoms with Crippen LogP contribution in [-0.4, -0.2) is 69.8 Å². The summed E-state index contributed by atoms with van der Waals surface area (Å²) in [6.45, 7) is 5.69. The molecule has 7 rings (SSSR count). The Balaban J connectivity index is 1.37. The summed E-state index contributed by atoms with van der Waals surface area (Å²) in [6, 6.07) is 6.16. The van der Waals surface area contributed by atoms with Crippen molar-refractivity contribution in [2.45, 2.75) is 50.9 Å². The summed E-state index contributed by atoms with van der Waals surface area (Å²) < 4.78 is 44.1. The van der Waals surface area contributed by atoms with Crippen molar-refractivity contribution in [1.82, 2.24) is 24.8 Å². The molecule has 0 bridgehead atoms. The van der Waals surface area contributed by atoms with Gasteiger partial charge in [0.15, 0.2) is 5.82 Å². The Hall–Kier alpha value is -4.42. The molecule has 0 saturated carbocycles. The van der Waals surface area contributed by atoms with E-state index in [1.54, 1.807) is 24.2 Å². The zero-order valence-electron chi connectivity index (χ0n) is 26.4. The molecule has 0 radical (unpaired) electrons. The minimum atomic E-state index is -0.782. The average molecular weight is 692 g/mol. The third-order valence-corrected chi connectivity index (χ3v) is 10.7. The molecule has 15 heteroatoms. The lowest BCUT2D eigenvalue weighted by Gasteiger charge is -2.37. The second-order valence-corrected chi connectivity index (χ2v) is 13.6. The SMILES string of the molecule is C[C@@H]1CN2[C@@H](COc3nc(N(C)[C@H](C)c4nccnc4N)c4cc(Cl)c(-c5ccc(F)c6sc(N)c(C#N)c56)c(F)c4n3)CC[C@H]2CO1. The van der Waals surface area contributed by atoms with Crippen molar-refractivity contribution < 1.29 is 18.3 Å². The van der Waals surface area contributed by atoms with E-state index >= 15 is 4.39 Å². The van der Waals surface area contributed by atoms with Gasteiger partial charge < -0.3 is 25.8 Å². The number of rotatable bonds is 7. The van der Waals surface area contributed by atoms with E-state index in [-0.39, 0.29) is 66.3 Å². The molecule has 4 atom stereocenters. The van der Waals surface area contributed by atoms with Crippen LogP contribution in [0.4, 0.5) is 25.4 Å². The van der Waals surface area contributed by atoms with Gasteiger partial charge in [0, 0.05) is 54.4 Å². The number of fused-ring (bicyclic) bond motifs is 3. The van der Waals surface area contributed by atoms with E-state index in [0.717, 1.165) is 30.7 Å². The summed E-state index contributed by atoms with van der Waals surface area (Å²) in [4.78, 5) is 22.1. The highest BCUT2D eigenvalue weighted by Gasteiger charge is 2.38. The number of aromatic nitrogens is 4. The minimum Gasteiger partial charge on any atom is -0.462 e. The highest BCUT2D eigenvalue weighted by atomic mass is 35.5. The molecule has 11 nitrogen and oxygen atoms in total. The van der Waals surface area contributed by atoms with Crippen molar-refractivity contribution >= 4 is 60.6 Å². The van der Waals surface area contributed by atoms with E-state index in [9.17, 15) is 9.65 Å². The Morgan fingerprint density at radius 2 is 2.02 bits per heavy atom. The first-order valence-corrected chi connectivity index (χ1v) is 16.7. The number of anilines is 3. The van der Waals surface area contributed by atoms with Gasteiger partial charge in [0.2, 0.25) is 0 Å². The highest BCUT2D eigenvalue weighted by molar-refractivity contribution is 7.23. The standard InChI is InChI=1S/C33H32ClF2N9O2S/c1-15-12-45-17(13-46-15)4-5-18(45)14-47-33-42-28-20(32(43-33)44(3)16(2)27-30(38)41-9-8-40-27)10-22(34)25(26(28)36)19-6-7-23(35)29-24(19)21(11-37)31(39)48-29/h6-10,15-18H,4-5,12-14,39H2,1-3H3,(H2,38,41)/t15-,16-,17+,18-/m1/s1. The van der Waals surface area contributed by atoms with Crippen molar-refractivity contribution in [3.8, 4) is 23.2 Å². The molecule has 0 aliphatic carbocycles. The van der Waals surface area contributed by atoms with Crippen molar-refractivity contribution in [3.05, 3.63) is 58.5 Å². The summed E-state index contributed by atoms with van der Waals surface area (Å²) in [7, 11) is 1.78. The molecule has 5 aromatic rings. The van der Waals surface area contributed by atoms with Crippen LogP contribution in [0.3, 0.4) is 0 Å². The van der Waals surface area contributed by atoms with Gasteiger partial charge >= 0.3 is 6.01 Å². The van der Waals surface area contributed by atoms with Crippen LogP contribution in [0.15, 0.2) is 30.6 Å². The number of ether oxygens (including phenoxy) is 2. The van der Waals surface area contributed by atoms with Gasteiger partial charge in [0.25, 0.3) is 0 Å². The van der Waals surface area contributed by atoms with Crippen molar-refractivity contribution in [1.29, 1.82) is 5.26 Å². The molecular formula is C33H32ClF2N9O2S. The van der Waals surface area contributed by atoms with Gasteiger partial charge in [-0.3, -0.25) is 9.88 Å². The Kier molecular flexibility index (Phi) is 8.41. The fourth-order valence-electron chi connectivity index (χ4n) is 6.76. The number of halogens is 3. The van der Waals surface area contributed by atoms with Crippen LogP contribution in [0.2, 0.25) is 5.02 Å². The molecule has 2 saturated heterocycles. The Morgan fingerprint density at radius 3 is 2.79 bits per heavy atom. The van der Waals surface area contributed by atoms with Crippen LogP contribution in [0.25, 0.3) is 32.1 Å². The van der Waals surface area contributed by atoms with E-state index in [1.807, 2.05) is 13.0 Å². The molecule has 48 heavy (non-hydrogen) atoms. The van der Waals surface area contributed by atoms with E-state index in [2.05, 4.69) is 26.8 Å². The summed E-state index contributed by atoms with van der Waals surface area (Å²) in [5, 5.41) is 10.5. The number of nitrogens with zero attached hydrogens (tertiary/aromatic N) is 7. The van der Waals surface area contributed by atoms with Crippen LogP contribution in [0.5, 0.6) is 6.01 Å². The van der Waals surface area contributed by atoms with E-state index in [0.29, 0.717) is 36.2 Å². The maximum Gasteiger partial charge on any atom is 0.319 e. The van der Waals surface area contributed by atoms with Gasteiger partial charge in [0.05, 0.1) is 34.0 Å². The average Bonchev–Trinajstić information content (AvgIpc) is 3.64. The van der Waals surface area contributed by atoms with Crippen LogP contribution < -0.4 is 21.1 Å². The zero-order chi connectivity index (χ0) is 33.9. The van der Waals surface area contributed by atoms with Gasteiger partial charge in [-0.2, -0.15) is 15.2 Å². The number of nitriles is 1. The molecule has 2 fully saturated rings. The van der Waals surface area contributed by atoms with Gasteiger partial charge in [-0.15, -0.1) is 11.3 Å². The maximum atomic E-state index is 17.0. The van der Waals surface area contributed by atoms with Crippen LogP contribution >= 0.6 is 22.9 Å². The quantitative estimate of drug-likeness (QED) is 0.204. The largest absolute Gasteiger partial charge is 0.462 e. The first-order valence-electron chi connectivity index (χ1n) is 15.5. The second kappa shape index (κ2) is 12.6. The van der Waals surface area contributed by atoms with Crippen molar-refractivity contribution in [2.24, 2.45) is 0 Å². The third kappa shape index (κ3) is 5.40. The monoisotopic (exact) mass is 691 g/mol. The van der Waals surface area contributed by atoms with Gasteiger partial charge in [-0.1, -0.05) is 17.7 Å². The van der Waals surface area contributed by atoms with Gasteiger partial charge in [-0.25, -0.2) is 13.8 Å². The number of morpholine rings is 1. The number of thiophene rings is 1. The molecule has 3 aromatic heterocycles. The molecule has 248 valence electrons. The number of hydrogen-bond acceptors (Lipinski definition) is 12. The summed E-state index contributed by atoms with van der Waals surface area (Å²) >= 11 is 7.76. The van der Waals surface area contributed by atoms with E-state index < -0.39 is 17.7 Å². The maximum absolute atomic E-state index is 17.0. The molecule has 0 unspecified atom stereocenters. The fourth-order valence-corrected chi connectivity index (χ4v) is 8.01. The number of nitrogen functional groups attached to an aromatic ring is 2. The van der Waals surface area contributed by atoms with E-state index in [4.69, 9.17) is 37.5 Å². The molecule has 0 amide bonds. The van der Waals surface area contributed by atoms with Crippen LogP contribution in [0, 0.1) is 23.0 Å². The molecule has 2 aliphatic rings. The Morgan fingerprint density at radius 1 is 1.23 bits per heavy atom. The number of hydrogen-bond donors (Lipinski definition) is 2. The highest BCUT2D eigenvalue weighted by Crippen LogP contribution is 2.46. The minimum absolute atomic E-state index is 0.0126. The van der Waals surface area contributed by atoms with Crippen LogP contribution in [-0.2, 0) is 4.74 Å². The number of nitrogens with two attached hydrogens (primary N) is 2. The lowest BCUT2D eigenvalue weighted by atomic mass is 9.97. The Bertz CT molecular complexity index is 2110. The first-order chi connectivity index (χ1) is 23.1. The fraction of sp³-hybridized carbons (Fsp3) is 0.364. The molecule has 4 N–H and O–H groups in total. The molecule has 0 spiro atoms.